The molecule has 3 aliphatic rings. The normalized spacial score (nSPS) is 16.0. The summed E-state index contributed by atoms with van der Waals surface area (Å²) in [4.78, 5) is 5.27. The van der Waals surface area contributed by atoms with Gasteiger partial charge in [-0.2, -0.15) is 0 Å². The molecule has 7 aromatic carbocycles. The Labute approximate surface area is 416 Å². The Morgan fingerprint density at radius 3 is 1.46 bits per heavy atom. The van der Waals surface area contributed by atoms with Crippen molar-refractivity contribution in [1.29, 1.82) is 0 Å². The number of nitrogens with zero attached hydrogens (tertiary/aromatic N) is 2. The van der Waals surface area contributed by atoms with Gasteiger partial charge in [-0.15, -0.1) is 0 Å². The van der Waals surface area contributed by atoms with Crippen LogP contribution in [0.1, 0.15) is 156 Å². The molecule has 2 nitrogen and oxygen atoms in total. The minimum atomic E-state index is -0.0466. The van der Waals surface area contributed by atoms with Crippen molar-refractivity contribution >= 4 is 57.2 Å². The van der Waals surface area contributed by atoms with Crippen LogP contribution < -0.4 is 26.2 Å². The number of anilines is 6. The highest BCUT2D eigenvalue weighted by Crippen LogP contribution is 2.54. The average Bonchev–Trinajstić information content (AvgIpc) is 3.45. The molecular formula is C66H75BN2. The van der Waals surface area contributed by atoms with Crippen molar-refractivity contribution in [1.82, 2.24) is 0 Å². The fourth-order valence-corrected chi connectivity index (χ4v) is 12.2. The van der Waals surface area contributed by atoms with Gasteiger partial charge in [-0.05, 0) is 172 Å². The zero-order valence-electron chi connectivity index (χ0n) is 44.9. The third kappa shape index (κ3) is 7.97. The van der Waals surface area contributed by atoms with E-state index in [9.17, 15) is 0 Å². The second-order valence-corrected chi connectivity index (χ2v) is 26.4. The van der Waals surface area contributed by atoms with Crippen molar-refractivity contribution in [2.75, 3.05) is 9.80 Å². The Balaban J connectivity index is 1.29. The van der Waals surface area contributed by atoms with Crippen LogP contribution in [-0.4, -0.2) is 6.71 Å². The first kappa shape index (κ1) is 46.9. The molecule has 0 bridgehead atoms. The molecule has 7 aromatic rings. The summed E-state index contributed by atoms with van der Waals surface area (Å²) in [5, 5.41) is 0. The van der Waals surface area contributed by atoms with Gasteiger partial charge in [-0.1, -0.05) is 190 Å². The van der Waals surface area contributed by atoms with E-state index >= 15 is 0 Å². The summed E-state index contributed by atoms with van der Waals surface area (Å²) in [6.45, 7) is 40.1. The van der Waals surface area contributed by atoms with Gasteiger partial charge in [0.2, 0.25) is 0 Å². The fourth-order valence-electron chi connectivity index (χ4n) is 12.2. The minimum absolute atomic E-state index is 0.0211. The van der Waals surface area contributed by atoms with Gasteiger partial charge in [0.1, 0.15) is 0 Å². The van der Waals surface area contributed by atoms with E-state index in [0.29, 0.717) is 0 Å². The summed E-state index contributed by atoms with van der Waals surface area (Å²) >= 11 is 0. The van der Waals surface area contributed by atoms with E-state index in [-0.39, 0.29) is 39.2 Å². The van der Waals surface area contributed by atoms with Crippen LogP contribution in [-0.2, 0) is 32.5 Å². The van der Waals surface area contributed by atoms with E-state index in [1.807, 2.05) is 0 Å². The van der Waals surface area contributed by atoms with E-state index in [1.54, 1.807) is 0 Å². The number of aryl methyl sites for hydroxylation is 1. The summed E-state index contributed by atoms with van der Waals surface area (Å²) in [7, 11) is 0. The summed E-state index contributed by atoms with van der Waals surface area (Å²) in [6.07, 6.45) is 1.11. The van der Waals surface area contributed by atoms with Crippen LogP contribution >= 0.6 is 0 Å². The largest absolute Gasteiger partial charge is 0.311 e. The van der Waals surface area contributed by atoms with E-state index in [4.69, 9.17) is 0 Å². The second-order valence-electron chi connectivity index (χ2n) is 26.4. The van der Waals surface area contributed by atoms with Gasteiger partial charge in [0, 0.05) is 34.0 Å². The van der Waals surface area contributed by atoms with Gasteiger partial charge >= 0.3 is 0 Å². The van der Waals surface area contributed by atoms with Crippen LogP contribution in [0, 0.1) is 6.92 Å². The molecule has 10 rings (SSSR count). The molecule has 0 amide bonds. The maximum atomic E-state index is 2.69. The summed E-state index contributed by atoms with van der Waals surface area (Å²) in [6, 6.07) is 52.9. The van der Waals surface area contributed by atoms with Crippen molar-refractivity contribution in [3.05, 3.63) is 172 Å². The number of hydrogen-bond acceptors (Lipinski definition) is 2. The van der Waals surface area contributed by atoms with E-state index < -0.39 is 0 Å². The Kier molecular flexibility index (Phi) is 10.6. The van der Waals surface area contributed by atoms with Crippen LogP contribution in [0.4, 0.5) is 34.1 Å². The Morgan fingerprint density at radius 1 is 0.406 bits per heavy atom. The SMILES string of the molecule is Cc1cc2c3c(c1)N(c1ccc(C(C)(C)C)cc1-c1cccc(-c4ccc(C(C)(C)C)cc4)c1)c1cc4c(cc1B3c1cc(C(C)(C)C)ccc1N2c1ccc(C(C)(C)C)cc1)C(C)(C)CC4(C)C. The predicted octanol–water partition coefficient (Wildman–Crippen LogP) is 16.6. The van der Waals surface area contributed by atoms with Crippen molar-refractivity contribution in [3.63, 3.8) is 0 Å². The number of benzene rings is 7. The minimum Gasteiger partial charge on any atom is -0.311 e. The fraction of sp³-hybridized carbons (Fsp3) is 0.364. The molecule has 0 atom stereocenters. The first-order valence-electron chi connectivity index (χ1n) is 25.7. The molecule has 0 fully saturated rings. The molecule has 0 N–H and O–H groups in total. The number of hydrogen-bond donors (Lipinski definition) is 0. The lowest BCUT2D eigenvalue weighted by Crippen LogP contribution is -2.61. The summed E-state index contributed by atoms with van der Waals surface area (Å²) < 4.78 is 0. The standard InChI is InChI=1S/C66H75BN2/c1-41-33-58-60-59(34-41)69(55-31-27-47(63(8,9)10)36-50(55)44-20-18-19-43(35-44)42-21-23-45(24-22-42)61(2,3)4)57-39-52-51(65(14,15)40-66(52,16)17)38-54(57)67(60)53-37-48(64(11,12)13)28-32-56(53)68(58)49-29-25-46(26-30-49)62(5,6)7/h18-39H,40H2,1-17H3. The van der Waals surface area contributed by atoms with Gasteiger partial charge in [-0.3, -0.25) is 0 Å². The average molecular weight is 907 g/mol. The molecule has 0 radical (unpaired) electrons. The van der Waals surface area contributed by atoms with E-state index in [1.165, 1.54) is 112 Å². The second kappa shape index (κ2) is 15.6. The maximum Gasteiger partial charge on any atom is 0.252 e. The lowest BCUT2D eigenvalue weighted by molar-refractivity contribution is 0.403. The van der Waals surface area contributed by atoms with Crippen molar-refractivity contribution in [3.8, 4) is 22.3 Å². The van der Waals surface area contributed by atoms with Gasteiger partial charge in [-0.25, -0.2) is 0 Å². The molecule has 2 heterocycles. The van der Waals surface area contributed by atoms with Crippen LogP contribution in [0.5, 0.6) is 0 Å². The van der Waals surface area contributed by atoms with Crippen LogP contribution in [0.3, 0.4) is 0 Å². The molecule has 3 heteroatoms. The van der Waals surface area contributed by atoms with E-state index in [2.05, 4.69) is 261 Å². The maximum absolute atomic E-state index is 2.69. The predicted molar refractivity (Wildman–Crippen MR) is 302 cm³/mol. The van der Waals surface area contributed by atoms with Crippen LogP contribution in [0.15, 0.2) is 133 Å². The van der Waals surface area contributed by atoms with Crippen molar-refractivity contribution < 1.29 is 0 Å². The van der Waals surface area contributed by atoms with Crippen LogP contribution in [0.2, 0.25) is 0 Å². The molecule has 2 aliphatic heterocycles. The molecular weight excluding hydrogens is 832 g/mol. The smallest absolute Gasteiger partial charge is 0.252 e. The molecule has 352 valence electrons. The zero-order chi connectivity index (χ0) is 49.5. The number of rotatable bonds is 4. The highest BCUT2D eigenvalue weighted by Gasteiger charge is 2.48. The molecule has 0 saturated heterocycles. The topological polar surface area (TPSA) is 6.48 Å². The van der Waals surface area contributed by atoms with E-state index in [0.717, 1.165) is 6.42 Å². The quantitative estimate of drug-likeness (QED) is 0.162. The first-order valence-corrected chi connectivity index (χ1v) is 25.7. The third-order valence-corrected chi connectivity index (χ3v) is 15.9. The summed E-state index contributed by atoms with van der Waals surface area (Å²) in [5.41, 5.74) is 26.3. The van der Waals surface area contributed by atoms with Crippen molar-refractivity contribution in [2.24, 2.45) is 0 Å². The molecule has 0 spiro atoms. The third-order valence-electron chi connectivity index (χ3n) is 15.9. The van der Waals surface area contributed by atoms with Gasteiger partial charge < -0.3 is 9.80 Å². The zero-order valence-corrected chi connectivity index (χ0v) is 44.9. The Bertz CT molecular complexity index is 3170. The lowest BCUT2D eigenvalue weighted by Gasteiger charge is -2.45. The van der Waals surface area contributed by atoms with Crippen molar-refractivity contribution in [2.45, 2.75) is 157 Å². The Morgan fingerprint density at radius 2 is 0.884 bits per heavy atom. The monoisotopic (exact) mass is 907 g/mol. The van der Waals surface area contributed by atoms with Gasteiger partial charge in [0.05, 0.1) is 5.69 Å². The highest BCUT2D eigenvalue weighted by atomic mass is 15.2. The number of fused-ring (bicyclic) bond motifs is 5. The molecule has 0 aromatic heterocycles. The lowest BCUT2D eigenvalue weighted by atomic mass is 9.33. The van der Waals surface area contributed by atoms with Crippen LogP contribution in [0.25, 0.3) is 22.3 Å². The molecule has 0 unspecified atom stereocenters. The molecule has 69 heavy (non-hydrogen) atoms. The van der Waals surface area contributed by atoms with Gasteiger partial charge in [0.15, 0.2) is 0 Å². The Hall–Kier alpha value is -5.80. The molecule has 1 aliphatic carbocycles. The summed E-state index contributed by atoms with van der Waals surface area (Å²) in [5.74, 6) is 0. The first-order chi connectivity index (χ1) is 32.1. The highest BCUT2D eigenvalue weighted by molar-refractivity contribution is 7.00. The molecule has 0 saturated carbocycles. The van der Waals surface area contributed by atoms with Gasteiger partial charge in [0.25, 0.3) is 6.71 Å².